The molecule has 2 fully saturated rings. The number of hydrogen-bond donors (Lipinski definition) is 1. The normalized spacial score (nSPS) is 35.0. The van der Waals surface area contributed by atoms with Crippen molar-refractivity contribution in [1.82, 2.24) is 0 Å². The van der Waals surface area contributed by atoms with Gasteiger partial charge < -0.3 is 9.84 Å². The number of benzene rings is 1. The second-order valence-corrected chi connectivity index (χ2v) is 4.47. The minimum absolute atomic E-state index is 0.121. The molecular weight excluding hydrogens is 176 g/mol. The van der Waals surface area contributed by atoms with Crippen molar-refractivity contribution in [3.8, 4) is 5.75 Å². The lowest BCUT2D eigenvalue weighted by molar-refractivity contribution is 0.0694. The zero-order chi connectivity index (χ0) is 9.60. The molecule has 2 unspecified atom stereocenters. The first kappa shape index (κ1) is 8.30. The predicted octanol–water partition coefficient (Wildman–Crippen LogP) is 2.21. The van der Waals surface area contributed by atoms with Gasteiger partial charge in [-0.25, -0.2) is 0 Å². The van der Waals surface area contributed by atoms with Crippen LogP contribution >= 0.6 is 0 Å². The van der Waals surface area contributed by atoms with Gasteiger partial charge in [-0.05, 0) is 25.3 Å². The minimum atomic E-state index is 0.121. The lowest BCUT2D eigenvalue weighted by atomic mass is 9.80. The molecule has 0 amide bonds. The maximum atomic E-state index is 9.83. The Hall–Kier alpha value is -1.02. The fraction of sp³-hybridized carbons (Fsp3) is 0.500. The van der Waals surface area contributed by atoms with E-state index >= 15 is 0 Å². The quantitative estimate of drug-likeness (QED) is 0.735. The number of rotatable bonds is 1. The summed E-state index contributed by atoms with van der Waals surface area (Å²) in [5.74, 6) is 0.429. The van der Waals surface area contributed by atoms with E-state index in [1.807, 2.05) is 18.2 Å². The van der Waals surface area contributed by atoms with E-state index < -0.39 is 0 Å². The lowest BCUT2D eigenvalue weighted by Crippen LogP contribution is -2.25. The van der Waals surface area contributed by atoms with Gasteiger partial charge in [0.05, 0.1) is 12.7 Å². The van der Waals surface area contributed by atoms with Crippen LogP contribution < -0.4 is 0 Å². The Kier molecular flexibility index (Phi) is 1.62. The van der Waals surface area contributed by atoms with E-state index in [2.05, 4.69) is 0 Å². The maximum absolute atomic E-state index is 9.83. The molecule has 3 rings (SSSR count). The molecular formula is C12H14O2. The third-order valence-corrected chi connectivity index (χ3v) is 3.63. The van der Waals surface area contributed by atoms with Crippen LogP contribution in [0.15, 0.2) is 24.3 Å². The molecule has 2 nitrogen and oxygen atoms in total. The number of phenolic OH excluding ortho intramolecular Hbond substituents is 1. The average Bonchev–Trinajstić information content (AvgIpc) is 2.79. The van der Waals surface area contributed by atoms with Gasteiger partial charge in [0, 0.05) is 11.0 Å². The molecule has 1 saturated heterocycles. The number of aromatic hydroxyl groups is 1. The molecule has 0 spiro atoms. The summed E-state index contributed by atoms with van der Waals surface area (Å²) in [7, 11) is 0. The van der Waals surface area contributed by atoms with E-state index in [4.69, 9.17) is 4.74 Å². The van der Waals surface area contributed by atoms with Crippen molar-refractivity contribution >= 4 is 0 Å². The number of hydrogen-bond acceptors (Lipinski definition) is 2. The van der Waals surface area contributed by atoms with Crippen LogP contribution in [0.3, 0.4) is 0 Å². The fourth-order valence-electron chi connectivity index (χ4n) is 2.87. The van der Waals surface area contributed by atoms with Crippen LogP contribution in [0.5, 0.6) is 5.75 Å². The van der Waals surface area contributed by atoms with E-state index in [1.54, 1.807) is 6.07 Å². The molecule has 1 aromatic carbocycles. The lowest BCUT2D eigenvalue weighted by Gasteiger charge is -2.26. The van der Waals surface area contributed by atoms with E-state index in [-0.39, 0.29) is 5.41 Å². The van der Waals surface area contributed by atoms with Gasteiger partial charge in [-0.3, -0.25) is 0 Å². The highest BCUT2D eigenvalue weighted by Gasteiger charge is 2.48. The molecule has 1 N–H and O–H groups in total. The zero-order valence-corrected chi connectivity index (χ0v) is 8.07. The van der Waals surface area contributed by atoms with Crippen molar-refractivity contribution in [2.24, 2.45) is 0 Å². The standard InChI is InChI=1S/C12H14O2/c13-11-4-2-1-3-10(11)12-6-5-9(7-12)14-8-12/h1-4,9,13H,5-8H2. The van der Waals surface area contributed by atoms with Gasteiger partial charge in [-0.15, -0.1) is 0 Å². The topological polar surface area (TPSA) is 29.5 Å². The van der Waals surface area contributed by atoms with Gasteiger partial charge in [0.1, 0.15) is 5.75 Å². The van der Waals surface area contributed by atoms with Crippen molar-refractivity contribution in [3.63, 3.8) is 0 Å². The Labute approximate surface area is 83.5 Å². The van der Waals surface area contributed by atoms with Gasteiger partial charge >= 0.3 is 0 Å². The average molecular weight is 190 g/mol. The first-order valence-electron chi connectivity index (χ1n) is 5.20. The molecule has 1 aliphatic carbocycles. The van der Waals surface area contributed by atoms with Crippen molar-refractivity contribution in [3.05, 3.63) is 29.8 Å². The molecule has 2 aliphatic rings. The molecule has 1 aliphatic heterocycles. The third kappa shape index (κ3) is 1.01. The Balaban J connectivity index is 2.06. The van der Waals surface area contributed by atoms with Gasteiger partial charge in [0.15, 0.2) is 0 Å². The van der Waals surface area contributed by atoms with Gasteiger partial charge in [0.25, 0.3) is 0 Å². The van der Waals surface area contributed by atoms with E-state index in [1.165, 1.54) is 0 Å². The summed E-state index contributed by atoms with van der Waals surface area (Å²) in [6, 6.07) is 7.68. The van der Waals surface area contributed by atoms with Gasteiger partial charge in [-0.1, -0.05) is 18.2 Å². The number of ether oxygens (including phenoxy) is 1. The van der Waals surface area contributed by atoms with Gasteiger partial charge in [-0.2, -0.15) is 0 Å². The van der Waals surface area contributed by atoms with Crippen molar-refractivity contribution in [2.75, 3.05) is 6.61 Å². The van der Waals surface area contributed by atoms with E-state index in [0.717, 1.165) is 31.4 Å². The van der Waals surface area contributed by atoms with Gasteiger partial charge in [0.2, 0.25) is 0 Å². The number of para-hydroxylation sites is 1. The molecule has 0 radical (unpaired) electrons. The SMILES string of the molecule is Oc1ccccc1C12CCC(C1)OC2. The van der Waals surface area contributed by atoms with Crippen LogP contribution in [0, 0.1) is 0 Å². The minimum Gasteiger partial charge on any atom is -0.508 e. The summed E-state index contributed by atoms with van der Waals surface area (Å²) in [6.45, 7) is 0.787. The fourth-order valence-corrected chi connectivity index (χ4v) is 2.87. The molecule has 2 heteroatoms. The molecule has 1 heterocycles. The van der Waals surface area contributed by atoms with Crippen LogP contribution in [0.2, 0.25) is 0 Å². The predicted molar refractivity (Wildman–Crippen MR) is 53.4 cm³/mol. The molecule has 2 atom stereocenters. The summed E-state index contributed by atoms with van der Waals surface area (Å²) in [4.78, 5) is 0. The molecule has 0 aromatic heterocycles. The first-order valence-corrected chi connectivity index (χ1v) is 5.20. The summed E-state index contributed by atoms with van der Waals surface area (Å²) in [6.07, 6.45) is 3.84. The Morgan fingerprint density at radius 1 is 1.36 bits per heavy atom. The summed E-state index contributed by atoms with van der Waals surface area (Å²) < 4.78 is 5.65. The van der Waals surface area contributed by atoms with E-state index in [0.29, 0.717) is 11.9 Å². The highest BCUT2D eigenvalue weighted by atomic mass is 16.5. The van der Waals surface area contributed by atoms with Crippen LogP contribution in [-0.2, 0) is 10.2 Å². The van der Waals surface area contributed by atoms with Crippen LogP contribution in [-0.4, -0.2) is 17.8 Å². The summed E-state index contributed by atoms with van der Waals surface area (Å²) in [5.41, 5.74) is 1.20. The molecule has 2 bridgehead atoms. The highest BCUT2D eigenvalue weighted by Crippen LogP contribution is 2.50. The molecule has 1 saturated carbocycles. The van der Waals surface area contributed by atoms with Crippen molar-refractivity contribution in [1.29, 1.82) is 0 Å². The second-order valence-electron chi connectivity index (χ2n) is 4.47. The Bertz CT molecular complexity index is 351. The second kappa shape index (κ2) is 2.74. The highest BCUT2D eigenvalue weighted by molar-refractivity contribution is 5.40. The monoisotopic (exact) mass is 190 g/mol. The largest absolute Gasteiger partial charge is 0.508 e. The van der Waals surface area contributed by atoms with Crippen molar-refractivity contribution in [2.45, 2.75) is 30.8 Å². The zero-order valence-electron chi connectivity index (χ0n) is 8.07. The molecule has 74 valence electrons. The van der Waals surface area contributed by atoms with Crippen LogP contribution in [0.1, 0.15) is 24.8 Å². The Morgan fingerprint density at radius 3 is 2.79 bits per heavy atom. The van der Waals surface area contributed by atoms with Crippen LogP contribution in [0.4, 0.5) is 0 Å². The summed E-state index contributed by atoms with van der Waals surface area (Å²) in [5, 5.41) is 9.83. The third-order valence-electron chi connectivity index (χ3n) is 3.63. The molecule has 1 aromatic rings. The first-order chi connectivity index (χ1) is 6.80. The molecule has 14 heavy (non-hydrogen) atoms. The van der Waals surface area contributed by atoms with E-state index in [9.17, 15) is 5.11 Å². The van der Waals surface area contributed by atoms with Crippen LogP contribution in [0.25, 0.3) is 0 Å². The number of phenols is 1. The van der Waals surface area contributed by atoms with Crippen molar-refractivity contribution < 1.29 is 9.84 Å². The summed E-state index contributed by atoms with van der Waals surface area (Å²) >= 11 is 0. The Morgan fingerprint density at radius 2 is 2.21 bits per heavy atom. The maximum Gasteiger partial charge on any atom is 0.119 e. The smallest absolute Gasteiger partial charge is 0.119 e. The number of fused-ring (bicyclic) bond motifs is 2.